The average molecular weight is 448 g/mol. The summed E-state index contributed by atoms with van der Waals surface area (Å²) in [5.41, 5.74) is -1.58. The van der Waals surface area contributed by atoms with Crippen molar-refractivity contribution in [2.24, 2.45) is 0 Å². The Bertz CT molecular complexity index is 985. The summed E-state index contributed by atoms with van der Waals surface area (Å²) in [5, 5.41) is 2.51. The molecule has 1 fully saturated rings. The Morgan fingerprint density at radius 2 is 1.93 bits per heavy atom. The lowest BCUT2D eigenvalue weighted by Gasteiger charge is -2.20. The van der Waals surface area contributed by atoms with E-state index in [4.69, 9.17) is 4.74 Å². The fourth-order valence-corrected chi connectivity index (χ4v) is 5.79. The van der Waals surface area contributed by atoms with E-state index < -0.39 is 33.2 Å². The first-order chi connectivity index (χ1) is 13.6. The molecule has 1 aromatic carbocycles. The number of alkyl halides is 3. The Morgan fingerprint density at radius 3 is 2.55 bits per heavy atom. The quantitative estimate of drug-likeness (QED) is 0.666. The highest BCUT2D eigenvalue weighted by molar-refractivity contribution is 7.91. The van der Waals surface area contributed by atoms with E-state index in [1.807, 2.05) is 0 Å². The third kappa shape index (κ3) is 4.97. The lowest BCUT2D eigenvalue weighted by molar-refractivity contribution is -0.137. The van der Waals surface area contributed by atoms with Crippen molar-refractivity contribution in [3.05, 3.63) is 47.5 Å². The van der Waals surface area contributed by atoms with Crippen molar-refractivity contribution >= 4 is 32.3 Å². The second-order valence-electron chi connectivity index (χ2n) is 6.46. The molecule has 0 radical (unpaired) electrons. The van der Waals surface area contributed by atoms with Crippen molar-refractivity contribution in [1.29, 1.82) is 0 Å². The van der Waals surface area contributed by atoms with E-state index in [1.54, 1.807) is 0 Å². The Kier molecular flexibility index (Phi) is 6.32. The highest BCUT2D eigenvalue weighted by Crippen LogP contribution is 2.36. The van der Waals surface area contributed by atoms with Crippen LogP contribution in [-0.2, 0) is 20.9 Å². The second-order valence-corrected chi connectivity index (χ2v) is 9.66. The van der Waals surface area contributed by atoms with Crippen LogP contribution in [0.15, 0.2) is 40.6 Å². The molecule has 1 aromatic heterocycles. The molecule has 0 bridgehead atoms. The van der Waals surface area contributed by atoms with Crippen LogP contribution in [0.1, 0.15) is 28.8 Å². The number of rotatable bonds is 8. The molecule has 158 valence electrons. The Morgan fingerprint density at radius 1 is 1.24 bits per heavy atom. The van der Waals surface area contributed by atoms with Gasteiger partial charge in [0.1, 0.15) is 4.21 Å². The van der Waals surface area contributed by atoms with Crippen molar-refractivity contribution in [3.8, 4) is 0 Å². The van der Waals surface area contributed by atoms with Gasteiger partial charge in [-0.25, -0.2) is 8.42 Å². The van der Waals surface area contributed by atoms with Gasteiger partial charge in [0, 0.05) is 19.7 Å². The van der Waals surface area contributed by atoms with Crippen molar-refractivity contribution in [1.82, 2.24) is 4.31 Å². The summed E-state index contributed by atoms with van der Waals surface area (Å²) in [6.45, 7) is 0.459. The number of carbonyl (C=O) groups is 1. The van der Waals surface area contributed by atoms with Crippen molar-refractivity contribution in [3.63, 3.8) is 0 Å². The summed E-state index contributed by atoms with van der Waals surface area (Å²) in [6, 6.07) is 7.06. The van der Waals surface area contributed by atoms with Gasteiger partial charge in [0.05, 0.1) is 22.7 Å². The summed E-state index contributed by atoms with van der Waals surface area (Å²) in [6.07, 6.45) is -3.14. The number of hydrogen-bond acceptors (Lipinski definition) is 5. The monoisotopic (exact) mass is 448 g/mol. The molecular formula is C18H19F3N2O4S2. The van der Waals surface area contributed by atoms with Gasteiger partial charge in [-0.1, -0.05) is 12.1 Å². The van der Waals surface area contributed by atoms with E-state index in [2.05, 4.69) is 5.32 Å². The maximum absolute atomic E-state index is 13.1. The first-order valence-corrected chi connectivity index (χ1v) is 11.0. The normalized spacial score (nSPS) is 14.9. The van der Waals surface area contributed by atoms with Crippen LogP contribution >= 0.6 is 11.3 Å². The minimum atomic E-state index is -4.68. The van der Waals surface area contributed by atoms with Crippen LogP contribution < -0.4 is 5.32 Å². The molecule has 11 heteroatoms. The molecule has 0 unspecified atom stereocenters. The predicted octanol–water partition coefficient (Wildman–Crippen LogP) is 3.82. The number of sulfonamides is 1. The largest absolute Gasteiger partial charge is 0.417 e. The molecule has 0 spiro atoms. The number of nitrogens with one attached hydrogen (secondary N) is 1. The second kappa shape index (κ2) is 8.42. The zero-order valence-corrected chi connectivity index (χ0v) is 17.0. The van der Waals surface area contributed by atoms with Crippen molar-refractivity contribution < 1.29 is 31.1 Å². The van der Waals surface area contributed by atoms with Crippen LogP contribution in [0.2, 0.25) is 0 Å². The number of ether oxygens (including phenoxy) is 1. The van der Waals surface area contributed by atoms with Crippen molar-refractivity contribution in [2.45, 2.75) is 29.3 Å². The van der Waals surface area contributed by atoms with E-state index >= 15 is 0 Å². The Hall–Kier alpha value is -1.95. The third-order valence-corrected chi connectivity index (χ3v) is 7.75. The van der Waals surface area contributed by atoms with Crippen LogP contribution in [-0.4, -0.2) is 44.9 Å². The van der Waals surface area contributed by atoms with E-state index in [1.165, 1.54) is 35.7 Å². The number of halogens is 3. The van der Waals surface area contributed by atoms with E-state index in [0.29, 0.717) is 0 Å². The topological polar surface area (TPSA) is 75.7 Å². The number of carbonyl (C=O) groups excluding carboxylic acids is 1. The van der Waals surface area contributed by atoms with Gasteiger partial charge in [-0.2, -0.15) is 17.5 Å². The highest BCUT2D eigenvalue weighted by Gasteiger charge is 2.39. The van der Waals surface area contributed by atoms with Crippen LogP contribution in [0.4, 0.5) is 18.2 Å². The molecule has 6 nitrogen and oxygen atoms in total. The average Bonchev–Trinajstić information content (AvgIpc) is 3.38. The summed E-state index contributed by atoms with van der Waals surface area (Å²) >= 11 is 0.800. The maximum atomic E-state index is 13.1. The lowest BCUT2D eigenvalue weighted by atomic mass is 10.1. The first kappa shape index (κ1) is 21.8. The number of methoxy groups -OCH3 is 1. The summed E-state index contributed by atoms with van der Waals surface area (Å²) in [4.78, 5) is 12.4. The molecule has 1 heterocycles. The maximum Gasteiger partial charge on any atom is 0.417 e. The van der Waals surface area contributed by atoms with E-state index in [0.717, 1.165) is 36.3 Å². The molecule has 0 saturated heterocycles. The number of hydrogen-bond donors (Lipinski definition) is 1. The number of nitrogens with zero attached hydrogens (tertiary/aromatic N) is 1. The van der Waals surface area contributed by atoms with Crippen LogP contribution in [0.25, 0.3) is 0 Å². The standard InChI is InChI=1S/C18H19F3N2O4S2/c1-27-11-10-23(12-6-7-12)29(25,26)16-9-8-15(28-16)22-17(24)13-4-2-3-5-14(13)18(19,20)21/h2-5,8-9,12H,6-7,10-11H2,1H3,(H,22,24). The molecule has 1 saturated carbocycles. The Balaban J connectivity index is 1.79. The molecule has 0 aliphatic heterocycles. The first-order valence-electron chi connectivity index (χ1n) is 8.73. The lowest BCUT2D eigenvalue weighted by Crippen LogP contribution is -2.35. The van der Waals surface area contributed by atoms with Gasteiger partial charge in [0.2, 0.25) is 0 Å². The molecular weight excluding hydrogens is 429 g/mol. The zero-order chi connectivity index (χ0) is 21.2. The molecule has 1 amide bonds. The van der Waals surface area contributed by atoms with Gasteiger partial charge in [0.25, 0.3) is 15.9 Å². The fourth-order valence-electron chi connectivity index (χ4n) is 2.79. The molecule has 1 aliphatic rings. The fraction of sp³-hybridized carbons (Fsp3) is 0.389. The molecule has 1 aliphatic carbocycles. The minimum absolute atomic E-state index is 0.0138. The summed E-state index contributed by atoms with van der Waals surface area (Å²) < 4.78 is 71.5. The van der Waals surface area contributed by atoms with E-state index in [9.17, 15) is 26.4 Å². The van der Waals surface area contributed by atoms with Gasteiger partial charge in [0.15, 0.2) is 0 Å². The van der Waals surface area contributed by atoms with E-state index in [-0.39, 0.29) is 28.4 Å². The van der Waals surface area contributed by atoms with Gasteiger partial charge in [-0.05, 0) is 37.1 Å². The summed E-state index contributed by atoms with van der Waals surface area (Å²) in [7, 11) is -2.30. The highest BCUT2D eigenvalue weighted by atomic mass is 32.2. The Labute approximate surface area is 170 Å². The number of amides is 1. The third-order valence-electron chi connectivity index (χ3n) is 4.33. The number of benzene rings is 1. The summed E-state index contributed by atoms with van der Waals surface area (Å²) in [5.74, 6) is -0.956. The SMILES string of the molecule is COCCN(C1CC1)S(=O)(=O)c1ccc(NC(=O)c2ccccc2C(F)(F)F)s1. The van der Waals surface area contributed by atoms with Gasteiger partial charge in [-0.3, -0.25) is 4.79 Å². The number of anilines is 1. The van der Waals surface area contributed by atoms with Gasteiger partial charge in [-0.15, -0.1) is 11.3 Å². The van der Waals surface area contributed by atoms with Crippen molar-refractivity contribution in [2.75, 3.05) is 25.6 Å². The number of thiophene rings is 1. The van der Waals surface area contributed by atoms with Gasteiger partial charge >= 0.3 is 6.18 Å². The molecule has 3 rings (SSSR count). The smallest absolute Gasteiger partial charge is 0.383 e. The molecule has 1 N–H and O–H groups in total. The van der Waals surface area contributed by atoms with Gasteiger partial charge < -0.3 is 10.1 Å². The van der Waals surface area contributed by atoms with Crippen LogP contribution in [0.3, 0.4) is 0 Å². The molecule has 0 atom stereocenters. The minimum Gasteiger partial charge on any atom is -0.383 e. The zero-order valence-electron chi connectivity index (χ0n) is 15.4. The molecule has 2 aromatic rings. The molecule has 29 heavy (non-hydrogen) atoms. The predicted molar refractivity (Wildman–Crippen MR) is 103 cm³/mol. The van der Waals surface area contributed by atoms with Crippen LogP contribution in [0.5, 0.6) is 0 Å². The van der Waals surface area contributed by atoms with Crippen LogP contribution in [0, 0.1) is 0 Å².